The number of ether oxygens (including phenoxy) is 5. The molecule has 0 aliphatic carbocycles. The maximum Gasteiger partial charge on any atom is 0.333 e. The molecule has 0 N–H and O–H groups in total. The maximum atomic E-state index is 11.5. The molecule has 0 aromatic rings. The molecule has 0 fully saturated rings. The highest BCUT2D eigenvalue weighted by Gasteiger charge is 2.31. The van der Waals surface area contributed by atoms with Crippen molar-refractivity contribution < 1.29 is 28.5 Å². The van der Waals surface area contributed by atoms with Gasteiger partial charge in [0.1, 0.15) is 19.0 Å². The van der Waals surface area contributed by atoms with Crippen LogP contribution in [-0.4, -0.2) is 45.0 Å². The van der Waals surface area contributed by atoms with E-state index in [-0.39, 0.29) is 26.4 Å². The average Bonchev–Trinajstić information content (AvgIpc) is 2.70. The van der Waals surface area contributed by atoms with E-state index in [2.05, 4.69) is 32.9 Å². The highest BCUT2D eigenvalue weighted by atomic mass is 16.9. The molecule has 0 aliphatic heterocycles. The fourth-order valence-electron chi connectivity index (χ4n) is 2.10. The number of allylic oxidation sites excluding steroid dienone is 3. The zero-order chi connectivity index (χ0) is 23.2. The van der Waals surface area contributed by atoms with Crippen molar-refractivity contribution in [2.45, 2.75) is 52.9 Å². The number of hydrogen-bond donors (Lipinski definition) is 0. The second kappa shape index (κ2) is 14.8. The minimum absolute atomic E-state index is 0.0651. The van der Waals surface area contributed by atoms with Gasteiger partial charge in [0.05, 0.1) is 19.8 Å². The van der Waals surface area contributed by atoms with Crippen molar-refractivity contribution in [3.8, 4) is 0 Å². The van der Waals surface area contributed by atoms with Crippen molar-refractivity contribution >= 4 is 5.97 Å². The molecule has 0 spiro atoms. The Morgan fingerprint density at radius 1 is 0.733 bits per heavy atom. The molecule has 30 heavy (non-hydrogen) atoms. The summed E-state index contributed by atoms with van der Waals surface area (Å²) in [7, 11) is 0. The SMILES string of the molecule is C=C(C)C(=C)CCCOC(CC)(OCCOC(=C)C(=C)C)OCCOC(=O)C(=C)C. The normalized spacial score (nSPS) is 12.5. The molecule has 0 bridgehead atoms. The number of carbonyl (C=O) groups is 1. The predicted molar refractivity (Wildman–Crippen MR) is 120 cm³/mol. The molecule has 0 aromatic carbocycles. The molecule has 6 nitrogen and oxygen atoms in total. The zero-order valence-electron chi connectivity index (χ0n) is 19.1. The van der Waals surface area contributed by atoms with Crippen molar-refractivity contribution in [1.29, 1.82) is 0 Å². The second-order valence-electron chi connectivity index (χ2n) is 7.04. The maximum absolute atomic E-state index is 11.5. The van der Waals surface area contributed by atoms with E-state index < -0.39 is 11.9 Å². The monoisotopic (exact) mass is 422 g/mol. The average molecular weight is 423 g/mol. The topological polar surface area (TPSA) is 63.2 Å². The van der Waals surface area contributed by atoms with Gasteiger partial charge < -0.3 is 23.7 Å². The highest BCUT2D eigenvalue weighted by Crippen LogP contribution is 2.22. The summed E-state index contributed by atoms with van der Waals surface area (Å²) < 4.78 is 28.2. The summed E-state index contributed by atoms with van der Waals surface area (Å²) in [5, 5.41) is 0. The Morgan fingerprint density at radius 3 is 1.73 bits per heavy atom. The molecule has 0 saturated heterocycles. The molecule has 6 heteroatoms. The van der Waals surface area contributed by atoms with Gasteiger partial charge in [0.15, 0.2) is 0 Å². The van der Waals surface area contributed by atoms with Crippen LogP contribution in [0.15, 0.2) is 60.9 Å². The van der Waals surface area contributed by atoms with Crippen molar-refractivity contribution in [3.63, 3.8) is 0 Å². The zero-order valence-corrected chi connectivity index (χ0v) is 19.1. The Bertz CT molecular complexity index is 548. The van der Waals surface area contributed by atoms with E-state index in [1.54, 1.807) is 6.92 Å². The Morgan fingerprint density at radius 2 is 1.27 bits per heavy atom. The van der Waals surface area contributed by atoms with E-state index in [1.807, 2.05) is 20.8 Å². The van der Waals surface area contributed by atoms with Crippen LogP contribution < -0.4 is 0 Å². The number of rotatable bonds is 18. The fraction of sp³-hybridized carbons (Fsp3) is 0.542. The second-order valence-corrected chi connectivity index (χ2v) is 7.04. The van der Waals surface area contributed by atoms with Gasteiger partial charge in [-0.15, -0.1) is 0 Å². The van der Waals surface area contributed by atoms with Gasteiger partial charge in [0.25, 0.3) is 5.97 Å². The van der Waals surface area contributed by atoms with Crippen LogP contribution in [0.1, 0.15) is 47.0 Å². The quantitative estimate of drug-likeness (QED) is 0.0752. The first-order chi connectivity index (χ1) is 14.0. The van der Waals surface area contributed by atoms with Crippen molar-refractivity contribution in [2.75, 3.05) is 33.0 Å². The third-order valence-corrected chi connectivity index (χ3v) is 4.13. The minimum Gasteiger partial charge on any atom is -0.492 e. The highest BCUT2D eigenvalue weighted by molar-refractivity contribution is 5.86. The van der Waals surface area contributed by atoms with Gasteiger partial charge in [-0.2, -0.15) is 0 Å². The third-order valence-electron chi connectivity index (χ3n) is 4.13. The molecule has 1 unspecified atom stereocenters. The lowest BCUT2D eigenvalue weighted by Gasteiger charge is -2.32. The van der Waals surface area contributed by atoms with Crippen molar-refractivity contribution in [2.24, 2.45) is 0 Å². The molecular formula is C24H38O6. The lowest BCUT2D eigenvalue weighted by atomic mass is 10.1. The lowest BCUT2D eigenvalue weighted by Crippen LogP contribution is -2.41. The fourth-order valence-corrected chi connectivity index (χ4v) is 2.10. The van der Waals surface area contributed by atoms with Crippen molar-refractivity contribution in [1.82, 2.24) is 0 Å². The largest absolute Gasteiger partial charge is 0.492 e. The molecule has 0 aromatic heterocycles. The van der Waals surface area contributed by atoms with Gasteiger partial charge in [-0.1, -0.05) is 51.0 Å². The molecule has 170 valence electrons. The van der Waals surface area contributed by atoms with Crippen LogP contribution in [0.3, 0.4) is 0 Å². The number of carbonyl (C=O) groups excluding carboxylic acids is 1. The van der Waals surface area contributed by atoms with E-state index in [4.69, 9.17) is 23.7 Å². The van der Waals surface area contributed by atoms with Crippen molar-refractivity contribution in [3.05, 3.63) is 60.9 Å². The summed E-state index contributed by atoms with van der Waals surface area (Å²) in [5.41, 5.74) is 3.03. The molecule has 0 rings (SSSR count). The molecule has 0 saturated carbocycles. The van der Waals surface area contributed by atoms with Crippen LogP contribution >= 0.6 is 0 Å². The lowest BCUT2D eigenvalue weighted by molar-refractivity contribution is -0.384. The van der Waals surface area contributed by atoms with Crippen LogP contribution in [0.4, 0.5) is 0 Å². The van der Waals surface area contributed by atoms with Crippen LogP contribution in [0.25, 0.3) is 0 Å². The van der Waals surface area contributed by atoms with Gasteiger partial charge >= 0.3 is 5.97 Å². The van der Waals surface area contributed by atoms with Gasteiger partial charge in [-0.3, -0.25) is 0 Å². The smallest absolute Gasteiger partial charge is 0.333 e. The number of hydrogen-bond acceptors (Lipinski definition) is 6. The summed E-state index contributed by atoms with van der Waals surface area (Å²) in [6.45, 7) is 27.3. The van der Waals surface area contributed by atoms with E-state index in [1.165, 1.54) is 0 Å². The predicted octanol–water partition coefficient (Wildman–Crippen LogP) is 5.24. The van der Waals surface area contributed by atoms with E-state index >= 15 is 0 Å². The van der Waals surface area contributed by atoms with E-state index in [0.717, 1.165) is 29.6 Å². The van der Waals surface area contributed by atoms with E-state index in [0.29, 0.717) is 24.4 Å². The summed E-state index contributed by atoms with van der Waals surface area (Å²) in [4.78, 5) is 11.5. The molecule has 1 atom stereocenters. The van der Waals surface area contributed by atoms with Crippen LogP contribution in [-0.2, 0) is 28.5 Å². The molecule has 0 amide bonds. The van der Waals surface area contributed by atoms with Crippen LogP contribution in [0.5, 0.6) is 0 Å². The van der Waals surface area contributed by atoms with Gasteiger partial charge in [-0.25, -0.2) is 4.79 Å². The first kappa shape index (κ1) is 27.8. The first-order valence-electron chi connectivity index (χ1n) is 10.1. The molecular weight excluding hydrogens is 384 g/mol. The Balaban J connectivity index is 4.74. The summed E-state index contributed by atoms with van der Waals surface area (Å²) in [6, 6.07) is 0. The Kier molecular flexibility index (Phi) is 13.7. The molecule has 0 heterocycles. The first-order valence-corrected chi connectivity index (χ1v) is 10.1. The molecule has 0 radical (unpaired) electrons. The molecule has 0 aliphatic rings. The third kappa shape index (κ3) is 11.8. The van der Waals surface area contributed by atoms with Crippen LogP contribution in [0.2, 0.25) is 0 Å². The number of esters is 1. The van der Waals surface area contributed by atoms with Gasteiger partial charge in [0.2, 0.25) is 0 Å². The summed E-state index contributed by atoms with van der Waals surface area (Å²) in [5.74, 6) is -1.23. The van der Waals surface area contributed by atoms with Gasteiger partial charge in [-0.05, 0) is 39.2 Å². The standard InChI is InChI=1S/C24H38O6/c1-10-24(28-13-11-12-21(8)18(2)3,29-16-14-26-22(9)19(4)5)30-17-15-27-23(25)20(6)7/h2,4,6,8-17H2,1,3,5,7H3. The summed E-state index contributed by atoms with van der Waals surface area (Å²) >= 11 is 0. The van der Waals surface area contributed by atoms with E-state index in [9.17, 15) is 4.79 Å². The Hall–Kier alpha value is -2.15. The Labute approximate surface area is 181 Å². The summed E-state index contributed by atoms with van der Waals surface area (Å²) in [6.07, 6.45) is 1.95. The van der Waals surface area contributed by atoms with Gasteiger partial charge in [0, 0.05) is 12.0 Å². The van der Waals surface area contributed by atoms with Crippen LogP contribution in [0, 0.1) is 0 Å². The minimum atomic E-state index is -1.27.